The van der Waals surface area contributed by atoms with E-state index < -0.39 is 5.78 Å². The summed E-state index contributed by atoms with van der Waals surface area (Å²) in [6, 6.07) is 13.8. The Morgan fingerprint density at radius 1 is 1.05 bits per heavy atom. The molecule has 4 heteroatoms. The Labute approximate surface area is 130 Å². The molecule has 1 aliphatic rings. The fourth-order valence-electron chi connectivity index (χ4n) is 3.02. The highest BCUT2D eigenvalue weighted by Crippen LogP contribution is 2.22. The monoisotopic (exact) mass is 296 g/mol. The van der Waals surface area contributed by atoms with E-state index in [1.54, 1.807) is 23.2 Å². The summed E-state index contributed by atoms with van der Waals surface area (Å²) < 4.78 is 0. The standard InChI is InChI=1S/C18H20N2O2/c21-17(16-7-4-10-19-16)18(22)20-11-8-15(9-12-20)13-14-5-2-1-3-6-14/h1-7,10,15,19H,8-9,11-13H2. The van der Waals surface area contributed by atoms with Crippen LogP contribution in [0.4, 0.5) is 0 Å². The maximum absolute atomic E-state index is 12.2. The lowest BCUT2D eigenvalue weighted by Crippen LogP contribution is -2.42. The topological polar surface area (TPSA) is 53.2 Å². The zero-order valence-electron chi connectivity index (χ0n) is 12.5. The van der Waals surface area contributed by atoms with Crippen LogP contribution < -0.4 is 0 Å². The molecule has 22 heavy (non-hydrogen) atoms. The maximum atomic E-state index is 12.2. The first-order valence-corrected chi connectivity index (χ1v) is 7.75. The van der Waals surface area contributed by atoms with Crippen LogP contribution in [0.25, 0.3) is 0 Å². The smallest absolute Gasteiger partial charge is 0.296 e. The average Bonchev–Trinajstić information content (AvgIpc) is 3.10. The van der Waals surface area contributed by atoms with E-state index in [4.69, 9.17) is 0 Å². The molecule has 1 aromatic heterocycles. The summed E-state index contributed by atoms with van der Waals surface area (Å²) in [5.74, 6) is -0.237. The number of hydrogen-bond donors (Lipinski definition) is 1. The van der Waals surface area contributed by atoms with Crippen molar-refractivity contribution in [3.63, 3.8) is 0 Å². The van der Waals surface area contributed by atoms with Crippen molar-refractivity contribution in [3.05, 3.63) is 59.9 Å². The van der Waals surface area contributed by atoms with E-state index in [2.05, 4.69) is 29.2 Å². The number of hydrogen-bond acceptors (Lipinski definition) is 2. The normalized spacial score (nSPS) is 15.7. The molecule has 0 aliphatic carbocycles. The molecule has 2 aromatic rings. The molecule has 1 aliphatic heterocycles. The van der Waals surface area contributed by atoms with Gasteiger partial charge in [-0.2, -0.15) is 0 Å². The zero-order chi connectivity index (χ0) is 15.4. The molecule has 0 radical (unpaired) electrons. The number of ketones is 1. The van der Waals surface area contributed by atoms with Crippen molar-refractivity contribution in [1.29, 1.82) is 0 Å². The van der Waals surface area contributed by atoms with Gasteiger partial charge in [-0.1, -0.05) is 30.3 Å². The molecule has 0 saturated carbocycles. The summed E-state index contributed by atoms with van der Waals surface area (Å²) in [4.78, 5) is 28.8. The van der Waals surface area contributed by atoms with E-state index in [1.807, 2.05) is 6.07 Å². The lowest BCUT2D eigenvalue weighted by atomic mass is 9.90. The number of aromatic nitrogens is 1. The fourth-order valence-corrected chi connectivity index (χ4v) is 3.02. The zero-order valence-corrected chi connectivity index (χ0v) is 12.5. The first-order chi connectivity index (χ1) is 10.7. The lowest BCUT2D eigenvalue weighted by Gasteiger charge is -2.31. The van der Waals surface area contributed by atoms with Gasteiger partial charge in [-0.25, -0.2) is 0 Å². The Morgan fingerprint density at radius 3 is 2.41 bits per heavy atom. The quantitative estimate of drug-likeness (QED) is 0.696. The van der Waals surface area contributed by atoms with Gasteiger partial charge in [0.15, 0.2) is 0 Å². The number of benzene rings is 1. The number of likely N-dealkylation sites (tertiary alicyclic amines) is 1. The predicted molar refractivity (Wildman–Crippen MR) is 84.6 cm³/mol. The third-order valence-corrected chi connectivity index (χ3v) is 4.31. The van der Waals surface area contributed by atoms with Crippen molar-refractivity contribution in [3.8, 4) is 0 Å². The van der Waals surface area contributed by atoms with Gasteiger partial charge in [0.1, 0.15) is 0 Å². The van der Waals surface area contributed by atoms with Crippen LogP contribution in [0.3, 0.4) is 0 Å². The van der Waals surface area contributed by atoms with Gasteiger partial charge in [-0.15, -0.1) is 0 Å². The summed E-state index contributed by atoms with van der Waals surface area (Å²) in [7, 11) is 0. The highest BCUT2D eigenvalue weighted by molar-refractivity contribution is 6.42. The van der Waals surface area contributed by atoms with Crippen molar-refractivity contribution < 1.29 is 9.59 Å². The Kier molecular flexibility index (Phi) is 4.37. The molecule has 0 bridgehead atoms. The Balaban J connectivity index is 1.53. The number of carbonyl (C=O) groups excluding carboxylic acids is 2. The number of Topliss-reactive ketones (excluding diaryl/α,β-unsaturated/α-hetero) is 1. The molecular weight excluding hydrogens is 276 g/mol. The van der Waals surface area contributed by atoms with E-state index in [9.17, 15) is 9.59 Å². The highest BCUT2D eigenvalue weighted by Gasteiger charge is 2.28. The Hall–Kier alpha value is -2.36. The van der Waals surface area contributed by atoms with Crippen molar-refractivity contribution in [2.45, 2.75) is 19.3 Å². The van der Waals surface area contributed by atoms with Crippen LogP contribution in [-0.2, 0) is 11.2 Å². The van der Waals surface area contributed by atoms with Crippen LogP contribution >= 0.6 is 0 Å². The molecule has 1 amide bonds. The van der Waals surface area contributed by atoms with Gasteiger partial charge in [0.05, 0.1) is 5.69 Å². The summed E-state index contributed by atoms with van der Waals surface area (Å²) in [5, 5.41) is 0. The first-order valence-electron chi connectivity index (χ1n) is 7.75. The molecule has 4 nitrogen and oxygen atoms in total. The molecule has 0 unspecified atom stereocenters. The fraction of sp³-hybridized carbons (Fsp3) is 0.333. The third-order valence-electron chi connectivity index (χ3n) is 4.31. The van der Waals surface area contributed by atoms with Crippen LogP contribution in [0.15, 0.2) is 48.7 Å². The number of amides is 1. The summed E-state index contributed by atoms with van der Waals surface area (Å²) in [6.45, 7) is 1.34. The molecule has 2 heterocycles. The van der Waals surface area contributed by atoms with Crippen molar-refractivity contribution in [2.75, 3.05) is 13.1 Å². The van der Waals surface area contributed by atoms with Crippen LogP contribution in [0, 0.1) is 5.92 Å². The van der Waals surface area contributed by atoms with E-state index in [1.165, 1.54) is 5.56 Å². The van der Waals surface area contributed by atoms with Gasteiger partial charge in [-0.05, 0) is 42.9 Å². The third kappa shape index (κ3) is 3.27. The minimum absolute atomic E-state index is 0.372. The van der Waals surface area contributed by atoms with E-state index in [0.29, 0.717) is 24.7 Å². The molecular formula is C18H20N2O2. The van der Waals surface area contributed by atoms with Gasteiger partial charge in [0.2, 0.25) is 0 Å². The molecule has 1 fully saturated rings. The van der Waals surface area contributed by atoms with Crippen LogP contribution in [0.1, 0.15) is 28.9 Å². The van der Waals surface area contributed by atoms with Gasteiger partial charge < -0.3 is 9.88 Å². The SMILES string of the molecule is O=C(C(=O)N1CCC(Cc2ccccc2)CC1)c1ccc[nH]1. The summed E-state index contributed by atoms with van der Waals surface area (Å²) in [6.07, 6.45) is 4.62. The van der Waals surface area contributed by atoms with E-state index in [-0.39, 0.29) is 5.91 Å². The molecule has 3 rings (SSSR count). The number of piperidine rings is 1. The second-order valence-corrected chi connectivity index (χ2v) is 5.84. The number of H-pyrrole nitrogens is 1. The van der Waals surface area contributed by atoms with Gasteiger partial charge >= 0.3 is 0 Å². The van der Waals surface area contributed by atoms with Crippen LogP contribution in [0.5, 0.6) is 0 Å². The van der Waals surface area contributed by atoms with Gasteiger partial charge in [-0.3, -0.25) is 9.59 Å². The summed E-state index contributed by atoms with van der Waals surface area (Å²) in [5.41, 5.74) is 1.71. The van der Waals surface area contributed by atoms with E-state index in [0.717, 1.165) is 19.3 Å². The number of aromatic amines is 1. The van der Waals surface area contributed by atoms with E-state index >= 15 is 0 Å². The largest absolute Gasteiger partial charge is 0.358 e. The Bertz CT molecular complexity index is 626. The number of rotatable bonds is 4. The predicted octanol–water partition coefficient (Wildman–Crippen LogP) is 2.68. The molecule has 1 N–H and O–H groups in total. The van der Waals surface area contributed by atoms with Crippen molar-refractivity contribution in [2.24, 2.45) is 5.92 Å². The van der Waals surface area contributed by atoms with Crippen molar-refractivity contribution >= 4 is 11.7 Å². The molecule has 1 saturated heterocycles. The minimum atomic E-state index is -0.438. The van der Waals surface area contributed by atoms with Crippen LogP contribution in [-0.4, -0.2) is 34.7 Å². The van der Waals surface area contributed by atoms with Gasteiger partial charge in [0.25, 0.3) is 11.7 Å². The minimum Gasteiger partial charge on any atom is -0.358 e. The maximum Gasteiger partial charge on any atom is 0.296 e. The Morgan fingerprint density at radius 2 is 1.77 bits per heavy atom. The number of carbonyl (C=O) groups is 2. The second-order valence-electron chi connectivity index (χ2n) is 5.84. The molecule has 0 spiro atoms. The number of nitrogens with zero attached hydrogens (tertiary/aromatic N) is 1. The lowest BCUT2D eigenvalue weighted by molar-refractivity contribution is -0.127. The molecule has 1 aromatic carbocycles. The van der Waals surface area contributed by atoms with Crippen LogP contribution in [0.2, 0.25) is 0 Å². The van der Waals surface area contributed by atoms with Gasteiger partial charge in [0, 0.05) is 19.3 Å². The first kappa shape index (κ1) is 14.6. The number of nitrogens with one attached hydrogen (secondary N) is 1. The average molecular weight is 296 g/mol. The summed E-state index contributed by atoms with van der Waals surface area (Å²) >= 11 is 0. The highest BCUT2D eigenvalue weighted by atomic mass is 16.2. The second kappa shape index (κ2) is 6.60. The molecule has 114 valence electrons. The van der Waals surface area contributed by atoms with Crippen molar-refractivity contribution in [1.82, 2.24) is 9.88 Å². The molecule has 0 atom stereocenters.